The van der Waals surface area contributed by atoms with Crippen LogP contribution in [0.2, 0.25) is 0 Å². The number of rotatable bonds is 4. The largest absolute Gasteiger partial charge is 0.468 e. The molecule has 0 N–H and O–H groups in total. The molecule has 0 radical (unpaired) electrons. The zero-order chi connectivity index (χ0) is 15.3. The van der Waals surface area contributed by atoms with Crippen molar-refractivity contribution in [2.45, 2.75) is 5.92 Å². The lowest BCUT2D eigenvalue weighted by Gasteiger charge is -2.13. The molecule has 0 aliphatic carbocycles. The van der Waals surface area contributed by atoms with Crippen LogP contribution in [0.3, 0.4) is 0 Å². The molecular formula is C12H10N2O6. The van der Waals surface area contributed by atoms with E-state index in [0.29, 0.717) is 0 Å². The molecule has 0 saturated heterocycles. The first-order valence-corrected chi connectivity index (χ1v) is 5.30. The standard InChI is InChI=1S/C12H10N2O6/c1-19-11(15)10(12(16)20-2)9-4-3-8(14(17)18)5-7(9)6-13/h3-5,10H,1-2H3. The highest BCUT2D eigenvalue weighted by molar-refractivity contribution is 6.01. The molecule has 0 aliphatic heterocycles. The number of methoxy groups -OCH3 is 2. The summed E-state index contributed by atoms with van der Waals surface area (Å²) in [6, 6.07) is 4.94. The highest BCUT2D eigenvalue weighted by Gasteiger charge is 2.33. The lowest BCUT2D eigenvalue weighted by Crippen LogP contribution is -2.25. The number of non-ortho nitro benzene ring substituents is 1. The first-order valence-electron chi connectivity index (χ1n) is 5.30. The van der Waals surface area contributed by atoms with Crippen LogP contribution < -0.4 is 0 Å². The molecule has 0 aromatic heterocycles. The van der Waals surface area contributed by atoms with Crippen molar-refractivity contribution < 1.29 is 24.0 Å². The molecule has 0 amide bonds. The van der Waals surface area contributed by atoms with Crippen molar-refractivity contribution in [3.05, 3.63) is 39.4 Å². The zero-order valence-corrected chi connectivity index (χ0v) is 10.7. The first-order chi connectivity index (χ1) is 9.46. The van der Waals surface area contributed by atoms with Crippen LogP contribution in [0.25, 0.3) is 0 Å². The van der Waals surface area contributed by atoms with Crippen molar-refractivity contribution in [1.29, 1.82) is 5.26 Å². The van der Waals surface area contributed by atoms with E-state index in [2.05, 4.69) is 9.47 Å². The summed E-state index contributed by atoms with van der Waals surface area (Å²) in [5.74, 6) is -3.29. The molecule has 0 saturated carbocycles. The van der Waals surface area contributed by atoms with Crippen LogP contribution in [-0.4, -0.2) is 31.1 Å². The third kappa shape index (κ3) is 2.89. The van der Waals surface area contributed by atoms with Crippen LogP contribution in [0.15, 0.2) is 18.2 Å². The Balaban J connectivity index is 3.41. The zero-order valence-electron chi connectivity index (χ0n) is 10.7. The monoisotopic (exact) mass is 278 g/mol. The fourth-order valence-electron chi connectivity index (χ4n) is 1.59. The molecule has 0 bridgehead atoms. The number of nitro benzene ring substituents is 1. The predicted octanol–water partition coefficient (Wildman–Crippen LogP) is 0.896. The number of esters is 2. The number of hydrogen-bond acceptors (Lipinski definition) is 7. The van der Waals surface area contributed by atoms with Crippen LogP contribution >= 0.6 is 0 Å². The Morgan fingerprint density at radius 1 is 1.30 bits per heavy atom. The number of hydrogen-bond donors (Lipinski definition) is 0. The number of carbonyl (C=O) groups excluding carboxylic acids is 2. The molecule has 8 heteroatoms. The average molecular weight is 278 g/mol. The topological polar surface area (TPSA) is 120 Å². The van der Waals surface area contributed by atoms with Crippen LogP contribution in [0, 0.1) is 21.4 Å². The highest BCUT2D eigenvalue weighted by Crippen LogP contribution is 2.26. The van der Waals surface area contributed by atoms with E-state index >= 15 is 0 Å². The number of carbonyl (C=O) groups is 2. The van der Waals surface area contributed by atoms with Gasteiger partial charge in [-0.15, -0.1) is 0 Å². The van der Waals surface area contributed by atoms with E-state index in [4.69, 9.17) is 5.26 Å². The van der Waals surface area contributed by atoms with Gasteiger partial charge in [0.1, 0.15) is 0 Å². The maximum Gasteiger partial charge on any atom is 0.324 e. The van der Waals surface area contributed by atoms with Crippen molar-refractivity contribution >= 4 is 17.6 Å². The van der Waals surface area contributed by atoms with E-state index in [1.54, 1.807) is 6.07 Å². The minimum Gasteiger partial charge on any atom is -0.468 e. The van der Waals surface area contributed by atoms with Gasteiger partial charge in [0.15, 0.2) is 5.92 Å². The van der Waals surface area contributed by atoms with E-state index in [1.807, 2.05) is 0 Å². The predicted molar refractivity (Wildman–Crippen MR) is 64.6 cm³/mol. The first kappa shape index (κ1) is 15.1. The SMILES string of the molecule is COC(=O)C(C(=O)OC)c1ccc([N+](=O)[O-])cc1C#N. The second-order valence-electron chi connectivity index (χ2n) is 3.62. The fraction of sp³-hybridized carbons (Fsp3) is 0.250. The Morgan fingerprint density at radius 3 is 2.25 bits per heavy atom. The van der Waals surface area contributed by atoms with Crippen molar-refractivity contribution in [1.82, 2.24) is 0 Å². The Hall–Kier alpha value is -2.95. The maximum absolute atomic E-state index is 11.6. The second-order valence-corrected chi connectivity index (χ2v) is 3.62. The summed E-state index contributed by atoms with van der Waals surface area (Å²) in [6.45, 7) is 0. The van der Waals surface area contributed by atoms with Crippen molar-refractivity contribution in [3.8, 4) is 6.07 Å². The van der Waals surface area contributed by atoms with Crippen molar-refractivity contribution in [2.24, 2.45) is 0 Å². The van der Waals surface area contributed by atoms with Crippen LogP contribution in [0.5, 0.6) is 0 Å². The van der Waals surface area contributed by atoms with Gasteiger partial charge in [0.05, 0.1) is 30.8 Å². The van der Waals surface area contributed by atoms with Crippen LogP contribution in [-0.2, 0) is 19.1 Å². The quantitative estimate of drug-likeness (QED) is 0.347. The summed E-state index contributed by atoms with van der Waals surface area (Å²) in [4.78, 5) is 33.2. The van der Waals surface area contributed by atoms with Gasteiger partial charge >= 0.3 is 11.9 Å². The van der Waals surface area contributed by atoms with Gasteiger partial charge in [-0.3, -0.25) is 19.7 Å². The molecule has 0 atom stereocenters. The molecule has 20 heavy (non-hydrogen) atoms. The van der Waals surface area contributed by atoms with Gasteiger partial charge in [0, 0.05) is 12.1 Å². The summed E-state index contributed by atoms with van der Waals surface area (Å²) in [5, 5.41) is 19.6. The molecule has 0 spiro atoms. The van der Waals surface area contributed by atoms with Gasteiger partial charge in [0.25, 0.3) is 5.69 Å². The summed E-state index contributed by atoms with van der Waals surface area (Å²) >= 11 is 0. The molecule has 0 unspecified atom stereocenters. The van der Waals surface area contributed by atoms with Crippen LogP contribution in [0.4, 0.5) is 5.69 Å². The molecule has 0 aliphatic rings. The molecule has 1 aromatic rings. The van der Waals surface area contributed by atoms with E-state index in [9.17, 15) is 19.7 Å². The normalized spacial score (nSPS) is 9.70. The third-order valence-electron chi connectivity index (χ3n) is 2.55. The molecule has 0 fully saturated rings. The number of ether oxygens (including phenoxy) is 2. The minimum atomic E-state index is -1.46. The lowest BCUT2D eigenvalue weighted by molar-refractivity contribution is -0.384. The highest BCUT2D eigenvalue weighted by atomic mass is 16.6. The fourth-order valence-corrected chi connectivity index (χ4v) is 1.59. The molecular weight excluding hydrogens is 268 g/mol. The van der Waals surface area contributed by atoms with Crippen LogP contribution in [0.1, 0.15) is 17.0 Å². The number of benzene rings is 1. The Kier molecular flexibility index (Phi) is 4.75. The molecule has 1 aromatic carbocycles. The molecule has 0 heterocycles. The Bertz CT molecular complexity index is 588. The van der Waals surface area contributed by atoms with Gasteiger partial charge in [0.2, 0.25) is 0 Å². The van der Waals surface area contributed by atoms with E-state index in [1.165, 1.54) is 0 Å². The van der Waals surface area contributed by atoms with Crippen molar-refractivity contribution in [2.75, 3.05) is 14.2 Å². The summed E-state index contributed by atoms with van der Waals surface area (Å²) < 4.78 is 8.97. The average Bonchev–Trinajstić information content (AvgIpc) is 2.46. The van der Waals surface area contributed by atoms with Gasteiger partial charge in [-0.2, -0.15) is 5.26 Å². The van der Waals surface area contributed by atoms with Gasteiger partial charge in [-0.1, -0.05) is 0 Å². The molecule has 104 valence electrons. The molecule has 1 rings (SSSR count). The Labute approximate surface area is 113 Å². The number of nitriles is 1. The third-order valence-corrected chi connectivity index (χ3v) is 2.55. The summed E-state index contributed by atoms with van der Waals surface area (Å²) in [6.07, 6.45) is 0. The smallest absolute Gasteiger partial charge is 0.324 e. The number of nitrogens with zero attached hydrogens (tertiary/aromatic N) is 2. The van der Waals surface area contributed by atoms with Crippen molar-refractivity contribution in [3.63, 3.8) is 0 Å². The molecule has 8 nitrogen and oxygen atoms in total. The summed E-state index contributed by atoms with van der Waals surface area (Å²) in [5.41, 5.74) is -0.490. The van der Waals surface area contributed by atoms with Gasteiger partial charge < -0.3 is 9.47 Å². The summed E-state index contributed by atoms with van der Waals surface area (Å²) in [7, 11) is 2.16. The van der Waals surface area contributed by atoms with E-state index in [0.717, 1.165) is 32.4 Å². The second kappa shape index (κ2) is 6.29. The minimum absolute atomic E-state index is 0.00296. The van der Waals surface area contributed by atoms with E-state index < -0.39 is 22.8 Å². The van der Waals surface area contributed by atoms with Gasteiger partial charge in [-0.25, -0.2) is 0 Å². The van der Waals surface area contributed by atoms with E-state index in [-0.39, 0.29) is 16.8 Å². The van der Waals surface area contributed by atoms with Gasteiger partial charge in [-0.05, 0) is 11.6 Å². The lowest BCUT2D eigenvalue weighted by atomic mass is 9.94. The maximum atomic E-state index is 11.6. The Morgan fingerprint density at radius 2 is 1.85 bits per heavy atom. The number of nitro groups is 1.